The third-order valence-electron chi connectivity index (χ3n) is 6.99. The van der Waals surface area contributed by atoms with Crippen molar-refractivity contribution in [1.82, 2.24) is 10.2 Å². The Morgan fingerprint density at radius 3 is 2.69 bits per heavy atom. The molecule has 1 spiro atoms. The maximum atomic E-state index is 13.2. The number of ether oxygens (including phenoxy) is 1. The molecule has 0 aromatic heterocycles. The summed E-state index contributed by atoms with van der Waals surface area (Å²) in [6.07, 6.45) is 8.41. The second-order valence-corrected chi connectivity index (χ2v) is 9.27. The van der Waals surface area contributed by atoms with Gasteiger partial charge in [0.05, 0.1) is 18.1 Å². The molecule has 7 heteroatoms. The van der Waals surface area contributed by atoms with Gasteiger partial charge in [-0.2, -0.15) is 0 Å². The van der Waals surface area contributed by atoms with E-state index >= 15 is 0 Å². The van der Waals surface area contributed by atoms with Gasteiger partial charge in [0.25, 0.3) is 0 Å². The highest BCUT2D eigenvalue weighted by molar-refractivity contribution is 5.84. The van der Waals surface area contributed by atoms with Crippen molar-refractivity contribution in [1.29, 1.82) is 0 Å². The largest absolute Gasteiger partial charge is 0.493 e. The molecule has 32 heavy (non-hydrogen) atoms. The number of unbranched alkanes of at least 4 members (excludes halogenated alkanes) is 1. The van der Waals surface area contributed by atoms with Crippen LogP contribution in [0.5, 0.6) is 5.75 Å². The minimum absolute atomic E-state index is 0.00989. The van der Waals surface area contributed by atoms with Crippen molar-refractivity contribution in [2.24, 2.45) is 16.9 Å². The molecule has 1 atom stereocenters. The van der Waals surface area contributed by atoms with Gasteiger partial charge in [-0.25, -0.2) is 0 Å². The van der Waals surface area contributed by atoms with Crippen LogP contribution >= 0.6 is 0 Å². The molecule has 178 valence electrons. The predicted molar refractivity (Wildman–Crippen MR) is 126 cm³/mol. The number of nitrogens with two attached hydrogens (primary N) is 2. The molecular formula is C25H40N4O3. The van der Waals surface area contributed by atoms with Crippen molar-refractivity contribution in [3.8, 4) is 5.75 Å². The number of aryl methyl sites for hydroxylation is 1. The number of hydrogen-bond acceptors (Lipinski definition) is 5. The van der Waals surface area contributed by atoms with Crippen LogP contribution < -0.4 is 21.5 Å². The van der Waals surface area contributed by atoms with Crippen LogP contribution in [-0.4, -0.2) is 55.5 Å². The van der Waals surface area contributed by atoms with E-state index in [1.54, 1.807) is 0 Å². The summed E-state index contributed by atoms with van der Waals surface area (Å²) in [5.41, 5.74) is 12.5. The molecule has 0 unspecified atom stereocenters. The summed E-state index contributed by atoms with van der Waals surface area (Å²) in [5, 5.41) is 3.15. The summed E-state index contributed by atoms with van der Waals surface area (Å²) in [6.45, 7) is 3.03. The number of hydrogen-bond donors (Lipinski definition) is 3. The zero-order chi connectivity index (χ0) is 22.8. The van der Waals surface area contributed by atoms with Gasteiger partial charge in [0.15, 0.2) is 0 Å². The maximum Gasteiger partial charge on any atom is 0.239 e. The minimum atomic E-state index is -0.468. The van der Waals surface area contributed by atoms with Crippen molar-refractivity contribution < 1.29 is 14.3 Å². The number of piperidine rings is 1. The van der Waals surface area contributed by atoms with E-state index in [4.69, 9.17) is 16.2 Å². The van der Waals surface area contributed by atoms with Gasteiger partial charge in [0.1, 0.15) is 5.75 Å². The van der Waals surface area contributed by atoms with E-state index in [1.807, 2.05) is 17.0 Å². The molecule has 1 saturated heterocycles. The first-order chi connectivity index (χ1) is 15.6. The van der Waals surface area contributed by atoms with E-state index in [2.05, 4.69) is 17.4 Å². The molecule has 2 heterocycles. The van der Waals surface area contributed by atoms with Gasteiger partial charge in [0, 0.05) is 19.6 Å². The Labute approximate surface area is 192 Å². The van der Waals surface area contributed by atoms with Crippen molar-refractivity contribution >= 4 is 11.8 Å². The Kier molecular flexibility index (Phi) is 9.36. The summed E-state index contributed by atoms with van der Waals surface area (Å²) in [4.78, 5) is 27.8. The van der Waals surface area contributed by atoms with Crippen LogP contribution in [0.2, 0.25) is 0 Å². The third kappa shape index (κ3) is 6.45. The summed E-state index contributed by atoms with van der Waals surface area (Å²) in [5.74, 6) is 1.10. The molecule has 3 rings (SSSR count). The Balaban J connectivity index is 1.59. The summed E-state index contributed by atoms with van der Waals surface area (Å²) in [7, 11) is 0. The van der Waals surface area contributed by atoms with Crippen molar-refractivity contribution in [2.45, 2.75) is 70.3 Å². The first-order valence-corrected chi connectivity index (χ1v) is 12.3. The minimum Gasteiger partial charge on any atom is -0.493 e. The van der Waals surface area contributed by atoms with E-state index in [1.165, 1.54) is 5.56 Å². The molecule has 1 fully saturated rings. The number of benzene rings is 1. The average molecular weight is 445 g/mol. The maximum absolute atomic E-state index is 13.2. The molecule has 0 aliphatic carbocycles. The number of carbonyl (C=O) groups excluding carboxylic acids is 2. The highest BCUT2D eigenvalue weighted by atomic mass is 16.5. The van der Waals surface area contributed by atoms with E-state index in [9.17, 15) is 9.59 Å². The quantitative estimate of drug-likeness (QED) is 0.604. The van der Waals surface area contributed by atoms with Gasteiger partial charge in [-0.3, -0.25) is 9.59 Å². The number of para-hydroxylation sites is 1. The van der Waals surface area contributed by atoms with Crippen LogP contribution in [-0.2, 0) is 16.0 Å². The fourth-order valence-electron chi connectivity index (χ4n) is 4.89. The second-order valence-electron chi connectivity index (χ2n) is 9.27. The third-order valence-corrected chi connectivity index (χ3v) is 6.99. The number of carbonyl (C=O) groups is 2. The fourth-order valence-corrected chi connectivity index (χ4v) is 4.89. The molecule has 2 aliphatic rings. The van der Waals surface area contributed by atoms with Crippen LogP contribution in [0.1, 0.15) is 63.4 Å². The topological polar surface area (TPSA) is 111 Å². The number of fused-ring (bicyclic) bond motifs is 1. The lowest BCUT2D eigenvalue weighted by Gasteiger charge is -2.41. The lowest BCUT2D eigenvalue weighted by molar-refractivity contribution is -0.142. The standard InChI is InChI=1S/C25H40N4O3/c26-15-6-4-10-21(27)23(30)29-17-13-25(14-18-29)12-5-3-9-20-8-1-2-11-22(20)32-19-7-16-28-24(25)31/h1-2,8,11,21H,3-7,9-10,12-19,26-27H2,(H,28,31)/t21-/m1/s1. The molecule has 0 radical (unpaired) electrons. The van der Waals surface area contributed by atoms with Gasteiger partial charge in [-0.1, -0.05) is 31.0 Å². The van der Waals surface area contributed by atoms with E-state index < -0.39 is 11.5 Å². The van der Waals surface area contributed by atoms with Crippen LogP contribution in [0.25, 0.3) is 0 Å². The van der Waals surface area contributed by atoms with Crippen molar-refractivity contribution in [3.63, 3.8) is 0 Å². The second kappa shape index (κ2) is 12.2. The Bertz CT molecular complexity index is 746. The summed E-state index contributed by atoms with van der Waals surface area (Å²) in [6, 6.07) is 7.76. The normalized spacial score (nSPS) is 20.7. The zero-order valence-corrected chi connectivity index (χ0v) is 19.3. The van der Waals surface area contributed by atoms with Crippen molar-refractivity contribution in [3.05, 3.63) is 29.8 Å². The number of nitrogens with one attached hydrogen (secondary N) is 1. The van der Waals surface area contributed by atoms with Crippen LogP contribution in [0.3, 0.4) is 0 Å². The molecule has 0 saturated carbocycles. The van der Waals surface area contributed by atoms with E-state index in [-0.39, 0.29) is 11.8 Å². The van der Waals surface area contributed by atoms with Crippen LogP contribution in [0, 0.1) is 5.41 Å². The van der Waals surface area contributed by atoms with Crippen LogP contribution in [0.15, 0.2) is 24.3 Å². The smallest absolute Gasteiger partial charge is 0.239 e. The Morgan fingerprint density at radius 2 is 1.91 bits per heavy atom. The Morgan fingerprint density at radius 1 is 1.12 bits per heavy atom. The monoisotopic (exact) mass is 444 g/mol. The number of amides is 2. The first-order valence-electron chi connectivity index (χ1n) is 12.3. The lowest BCUT2D eigenvalue weighted by atomic mass is 9.73. The van der Waals surface area contributed by atoms with Crippen LogP contribution in [0.4, 0.5) is 0 Å². The highest BCUT2D eigenvalue weighted by Gasteiger charge is 2.42. The molecular weight excluding hydrogens is 404 g/mol. The Hall–Kier alpha value is -2.12. The zero-order valence-electron chi connectivity index (χ0n) is 19.3. The molecule has 5 N–H and O–H groups in total. The van der Waals surface area contributed by atoms with Gasteiger partial charge in [-0.05, 0) is 69.5 Å². The van der Waals surface area contributed by atoms with Gasteiger partial charge < -0.3 is 26.4 Å². The number of likely N-dealkylation sites (tertiary alicyclic amines) is 1. The van der Waals surface area contributed by atoms with Crippen molar-refractivity contribution in [2.75, 3.05) is 32.8 Å². The van der Waals surface area contributed by atoms with E-state index in [0.717, 1.165) is 50.7 Å². The van der Waals surface area contributed by atoms with Gasteiger partial charge >= 0.3 is 0 Å². The summed E-state index contributed by atoms with van der Waals surface area (Å²) >= 11 is 0. The van der Waals surface area contributed by atoms with Gasteiger partial charge in [-0.15, -0.1) is 0 Å². The highest BCUT2D eigenvalue weighted by Crippen LogP contribution is 2.38. The molecule has 1 aromatic rings. The molecule has 1 aromatic carbocycles. The first kappa shape index (κ1) is 24.5. The molecule has 7 nitrogen and oxygen atoms in total. The SMILES string of the molecule is NCCCC[C@@H](N)C(=O)N1CCC2(CCCCc3ccccc3OCCCNC2=O)CC1. The fraction of sp³-hybridized carbons (Fsp3) is 0.680. The molecule has 2 amide bonds. The number of rotatable bonds is 5. The van der Waals surface area contributed by atoms with E-state index in [0.29, 0.717) is 52.0 Å². The summed E-state index contributed by atoms with van der Waals surface area (Å²) < 4.78 is 5.96. The average Bonchev–Trinajstić information content (AvgIpc) is 2.83. The molecule has 2 aliphatic heterocycles. The lowest BCUT2D eigenvalue weighted by Crippen LogP contribution is -2.53. The number of nitrogens with zero attached hydrogens (tertiary/aromatic N) is 1. The predicted octanol–water partition coefficient (Wildman–Crippen LogP) is 2.36. The van der Waals surface area contributed by atoms with Gasteiger partial charge in [0.2, 0.25) is 11.8 Å². The molecule has 0 bridgehead atoms.